The van der Waals surface area contributed by atoms with Crippen molar-refractivity contribution in [3.05, 3.63) is 45.4 Å². The van der Waals surface area contributed by atoms with Crippen molar-refractivity contribution in [1.29, 1.82) is 0 Å². The van der Waals surface area contributed by atoms with E-state index in [4.69, 9.17) is 17.3 Å². The lowest BCUT2D eigenvalue weighted by Crippen LogP contribution is -2.23. The van der Waals surface area contributed by atoms with Crippen LogP contribution in [-0.4, -0.2) is 8.42 Å². The first-order chi connectivity index (χ1) is 8.88. The van der Waals surface area contributed by atoms with Gasteiger partial charge in [-0.25, -0.2) is 17.5 Å². The van der Waals surface area contributed by atoms with Gasteiger partial charge in [-0.3, -0.25) is 0 Å². The molecular weight excluding hydrogens is 311 g/mol. The Hall–Kier alpha value is -1.15. The monoisotopic (exact) mass is 320 g/mol. The number of rotatable bonds is 4. The number of hydrogen-bond acceptors (Lipinski definition) is 4. The maximum atomic E-state index is 12.9. The van der Waals surface area contributed by atoms with Crippen molar-refractivity contribution in [2.45, 2.75) is 11.4 Å². The number of nitrogens with two attached hydrogens (primary N) is 1. The van der Waals surface area contributed by atoms with Gasteiger partial charge in [0.05, 0.1) is 10.0 Å². The van der Waals surface area contributed by atoms with E-state index in [9.17, 15) is 12.8 Å². The first-order valence-corrected chi connectivity index (χ1v) is 7.85. The highest BCUT2D eigenvalue weighted by atomic mass is 35.5. The largest absolute Gasteiger partial charge is 0.398 e. The molecule has 0 atom stereocenters. The molecule has 0 saturated carbocycles. The number of halogens is 2. The number of anilines is 1. The summed E-state index contributed by atoms with van der Waals surface area (Å²) in [5.41, 5.74) is 5.37. The van der Waals surface area contributed by atoms with E-state index in [1.54, 1.807) is 12.1 Å². The Bertz CT molecular complexity index is 700. The highest BCUT2D eigenvalue weighted by Crippen LogP contribution is 2.23. The van der Waals surface area contributed by atoms with Gasteiger partial charge in [0, 0.05) is 11.4 Å². The Balaban J connectivity index is 2.18. The molecule has 0 amide bonds. The molecule has 0 aliphatic heterocycles. The van der Waals surface area contributed by atoms with E-state index >= 15 is 0 Å². The van der Waals surface area contributed by atoms with E-state index in [2.05, 4.69) is 4.72 Å². The van der Waals surface area contributed by atoms with E-state index in [-0.39, 0.29) is 17.1 Å². The van der Waals surface area contributed by atoms with Crippen LogP contribution in [0.4, 0.5) is 10.1 Å². The van der Waals surface area contributed by atoms with Gasteiger partial charge in [-0.15, -0.1) is 11.3 Å². The molecule has 0 spiro atoms. The molecule has 1 aromatic carbocycles. The van der Waals surface area contributed by atoms with Gasteiger partial charge >= 0.3 is 0 Å². The van der Waals surface area contributed by atoms with Crippen molar-refractivity contribution in [3.63, 3.8) is 0 Å². The molecule has 0 fully saturated rings. The lowest BCUT2D eigenvalue weighted by molar-refractivity contribution is 0.581. The quantitative estimate of drug-likeness (QED) is 0.851. The number of nitrogens with one attached hydrogen (secondary N) is 1. The molecule has 0 radical (unpaired) electrons. The molecule has 8 heteroatoms. The molecule has 1 aromatic heterocycles. The zero-order chi connectivity index (χ0) is 14.0. The summed E-state index contributed by atoms with van der Waals surface area (Å²) < 4.78 is 39.9. The van der Waals surface area contributed by atoms with Gasteiger partial charge in [0.2, 0.25) is 10.0 Å². The minimum Gasteiger partial charge on any atom is -0.398 e. The van der Waals surface area contributed by atoms with Crippen LogP contribution in [0.1, 0.15) is 4.88 Å². The summed E-state index contributed by atoms with van der Waals surface area (Å²) in [6.07, 6.45) is 0. The minimum atomic E-state index is -3.77. The maximum Gasteiger partial charge on any atom is 0.242 e. The highest BCUT2D eigenvalue weighted by Gasteiger charge is 2.17. The van der Waals surface area contributed by atoms with Crippen LogP contribution in [0.5, 0.6) is 0 Å². The molecule has 2 rings (SSSR count). The molecule has 4 nitrogen and oxygen atoms in total. The van der Waals surface area contributed by atoms with Crippen LogP contribution in [0.25, 0.3) is 0 Å². The average Bonchev–Trinajstić information content (AvgIpc) is 2.72. The predicted molar refractivity (Wildman–Crippen MR) is 74.2 cm³/mol. The van der Waals surface area contributed by atoms with E-state index in [0.29, 0.717) is 4.34 Å². The Labute approximate surface area is 119 Å². The SMILES string of the molecule is Nc1cc(F)ccc1S(=O)(=O)NCc1ccc(Cl)s1. The fourth-order valence-corrected chi connectivity index (χ4v) is 3.69. The first-order valence-electron chi connectivity index (χ1n) is 5.17. The minimum absolute atomic E-state index is 0.108. The Morgan fingerprint density at radius 1 is 1.32 bits per heavy atom. The number of benzene rings is 1. The normalized spacial score (nSPS) is 11.7. The summed E-state index contributed by atoms with van der Waals surface area (Å²) >= 11 is 7.03. The van der Waals surface area contributed by atoms with Crippen LogP contribution in [0.2, 0.25) is 4.34 Å². The molecule has 0 saturated heterocycles. The Morgan fingerprint density at radius 3 is 2.63 bits per heavy atom. The summed E-state index contributed by atoms with van der Waals surface area (Å²) in [5.74, 6) is -0.582. The standard InChI is InChI=1S/C11H10ClFN2O2S2/c12-11-4-2-8(18-11)6-15-19(16,17)10-3-1-7(13)5-9(10)14/h1-5,15H,6,14H2. The topological polar surface area (TPSA) is 72.2 Å². The van der Waals surface area contributed by atoms with E-state index in [0.717, 1.165) is 23.1 Å². The van der Waals surface area contributed by atoms with Crippen molar-refractivity contribution in [1.82, 2.24) is 4.72 Å². The maximum absolute atomic E-state index is 12.9. The second-order valence-corrected chi connectivity index (χ2v) is 7.25. The number of thiophene rings is 1. The molecular formula is C11H10ClFN2O2S2. The number of hydrogen-bond donors (Lipinski definition) is 2. The van der Waals surface area contributed by atoms with Gasteiger partial charge in [0.15, 0.2) is 0 Å². The zero-order valence-electron chi connectivity index (χ0n) is 9.56. The van der Waals surface area contributed by atoms with E-state index in [1.807, 2.05) is 0 Å². The number of sulfonamides is 1. The van der Waals surface area contributed by atoms with Gasteiger partial charge < -0.3 is 5.73 Å². The molecule has 3 N–H and O–H groups in total. The average molecular weight is 321 g/mol. The third-order valence-electron chi connectivity index (χ3n) is 2.33. The fraction of sp³-hybridized carbons (Fsp3) is 0.0909. The summed E-state index contributed by atoms with van der Waals surface area (Å²) in [4.78, 5) is 0.630. The smallest absolute Gasteiger partial charge is 0.242 e. The van der Waals surface area contributed by atoms with Crippen molar-refractivity contribution < 1.29 is 12.8 Å². The highest BCUT2D eigenvalue weighted by molar-refractivity contribution is 7.89. The fourth-order valence-electron chi connectivity index (χ4n) is 1.45. The van der Waals surface area contributed by atoms with Crippen molar-refractivity contribution in [2.75, 3.05) is 5.73 Å². The Kier molecular flexibility index (Phi) is 4.10. The Morgan fingerprint density at radius 2 is 2.05 bits per heavy atom. The predicted octanol–water partition coefficient (Wildman–Crippen LogP) is 2.60. The number of nitrogen functional groups attached to an aromatic ring is 1. The van der Waals surface area contributed by atoms with Crippen molar-refractivity contribution >= 4 is 38.6 Å². The lowest BCUT2D eigenvalue weighted by Gasteiger charge is -2.08. The van der Waals surface area contributed by atoms with Gasteiger partial charge in [0.25, 0.3) is 0 Å². The van der Waals surface area contributed by atoms with Crippen molar-refractivity contribution in [2.24, 2.45) is 0 Å². The second kappa shape index (κ2) is 5.46. The molecule has 1 heterocycles. The van der Waals surface area contributed by atoms with Gasteiger partial charge in [-0.1, -0.05) is 11.6 Å². The zero-order valence-corrected chi connectivity index (χ0v) is 11.9. The van der Waals surface area contributed by atoms with Gasteiger partial charge in [0.1, 0.15) is 10.7 Å². The van der Waals surface area contributed by atoms with Gasteiger partial charge in [-0.2, -0.15) is 0 Å². The molecule has 19 heavy (non-hydrogen) atoms. The van der Waals surface area contributed by atoms with Crippen LogP contribution >= 0.6 is 22.9 Å². The second-order valence-electron chi connectivity index (χ2n) is 3.71. The molecule has 0 aliphatic carbocycles. The van der Waals surface area contributed by atoms with Crippen molar-refractivity contribution in [3.8, 4) is 0 Å². The van der Waals surface area contributed by atoms with Crippen LogP contribution in [0.15, 0.2) is 35.2 Å². The van der Waals surface area contributed by atoms with Crippen LogP contribution < -0.4 is 10.5 Å². The molecule has 0 bridgehead atoms. The van der Waals surface area contributed by atoms with E-state index in [1.165, 1.54) is 11.3 Å². The molecule has 0 unspecified atom stereocenters. The third kappa shape index (κ3) is 3.44. The lowest BCUT2D eigenvalue weighted by atomic mass is 10.3. The summed E-state index contributed by atoms with van der Waals surface area (Å²) in [6.45, 7) is 0.108. The van der Waals surface area contributed by atoms with Crippen LogP contribution in [0, 0.1) is 5.82 Å². The molecule has 102 valence electrons. The van der Waals surface area contributed by atoms with Crippen LogP contribution in [-0.2, 0) is 16.6 Å². The third-order valence-corrected chi connectivity index (χ3v) is 5.03. The molecule has 2 aromatic rings. The van der Waals surface area contributed by atoms with Crippen LogP contribution in [0.3, 0.4) is 0 Å². The summed E-state index contributed by atoms with van der Waals surface area (Å²) in [7, 11) is -3.77. The summed E-state index contributed by atoms with van der Waals surface area (Å²) in [6, 6.07) is 6.56. The molecule has 0 aliphatic rings. The first kappa shape index (κ1) is 14.3. The summed E-state index contributed by atoms with van der Waals surface area (Å²) in [5, 5.41) is 0. The van der Waals surface area contributed by atoms with Gasteiger partial charge in [-0.05, 0) is 30.3 Å². The van der Waals surface area contributed by atoms with E-state index < -0.39 is 15.8 Å².